The van der Waals surface area contributed by atoms with Gasteiger partial charge in [-0.1, -0.05) is 17.9 Å². The number of hydrogen-bond donors (Lipinski definition) is 0. The van der Waals surface area contributed by atoms with Gasteiger partial charge < -0.3 is 0 Å². The first-order valence-electron chi connectivity index (χ1n) is 3.79. The molecule has 0 saturated heterocycles. The van der Waals surface area contributed by atoms with Crippen LogP contribution in [-0.4, -0.2) is 0 Å². The quantitative estimate of drug-likeness (QED) is 0.539. The molecular weight excluding hydrogens is 158 g/mol. The molecule has 0 aliphatic heterocycles. The van der Waals surface area contributed by atoms with Crippen molar-refractivity contribution in [1.82, 2.24) is 0 Å². The van der Waals surface area contributed by atoms with Gasteiger partial charge in [0.2, 0.25) is 0 Å². The smallest absolute Gasteiger partial charge is 0.152 e. The van der Waals surface area contributed by atoms with E-state index in [4.69, 9.17) is 5.26 Å². The fraction of sp³-hybridized carbons (Fsp3) is 0.0833. The highest BCUT2D eigenvalue weighted by Crippen LogP contribution is 2.01. The summed E-state index contributed by atoms with van der Waals surface area (Å²) in [6.07, 6.45) is 0. The van der Waals surface area contributed by atoms with Crippen molar-refractivity contribution in [2.45, 2.75) is 6.92 Å². The Bertz CT molecular complexity index is 456. The zero-order valence-corrected chi connectivity index (χ0v) is 7.26. The Labute approximate surface area is 78.0 Å². The molecule has 0 N–H and O–H groups in total. The second-order valence-corrected chi connectivity index (χ2v) is 2.32. The first-order valence-corrected chi connectivity index (χ1v) is 3.79. The van der Waals surface area contributed by atoms with Gasteiger partial charge in [-0.15, -0.1) is 5.92 Å². The minimum absolute atomic E-state index is 0.821. The van der Waals surface area contributed by atoms with Gasteiger partial charge in [-0.3, -0.25) is 0 Å². The summed E-state index contributed by atoms with van der Waals surface area (Å²) >= 11 is 0. The van der Waals surface area contributed by atoms with Gasteiger partial charge in [0, 0.05) is 17.0 Å². The van der Waals surface area contributed by atoms with Crippen molar-refractivity contribution in [3.63, 3.8) is 0 Å². The Morgan fingerprint density at radius 2 is 1.85 bits per heavy atom. The molecule has 0 spiro atoms. The molecule has 0 unspecified atom stereocenters. The highest BCUT2D eigenvalue weighted by Gasteiger charge is 1.88. The first-order chi connectivity index (χ1) is 6.36. The van der Waals surface area contributed by atoms with E-state index in [-0.39, 0.29) is 0 Å². The standard InChI is InChI=1S/C12H7N/c1-2-5-11-6-3-7-12(10-11)8-4-9-13/h3,6-7,10H,1H3. The molecule has 0 aliphatic carbocycles. The predicted molar refractivity (Wildman–Crippen MR) is 51.5 cm³/mol. The average molecular weight is 165 g/mol. The Kier molecular flexibility index (Phi) is 3.20. The minimum Gasteiger partial charge on any atom is -0.183 e. The van der Waals surface area contributed by atoms with Crippen LogP contribution in [0.5, 0.6) is 0 Å². The SMILES string of the molecule is CC#Cc1cccc(C#CC#N)c1. The monoisotopic (exact) mass is 165 g/mol. The summed E-state index contributed by atoms with van der Waals surface area (Å²) in [4.78, 5) is 0. The van der Waals surface area contributed by atoms with E-state index >= 15 is 0 Å². The van der Waals surface area contributed by atoms with E-state index in [1.807, 2.05) is 24.3 Å². The summed E-state index contributed by atoms with van der Waals surface area (Å²) in [6, 6.07) is 9.27. The molecule has 1 heteroatoms. The fourth-order valence-electron chi connectivity index (χ4n) is 0.919. The van der Waals surface area contributed by atoms with Crippen LogP contribution in [0.15, 0.2) is 24.3 Å². The van der Waals surface area contributed by atoms with E-state index in [1.165, 1.54) is 0 Å². The average Bonchev–Trinajstić information content (AvgIpc) is 2.16. The van der Waals surface area contributed by atoms with Gasteiger partial charge in [0.25, 0.3) is 0 Å². The third-order valence-electron chi connectivity index (χ3n) is 1.39. The summed E-state index contributed by atoms with van der Waals surface area (Å²) in [5.74, 6) is 10.8. The summed E-state index contributed by atoms with van der Waals surface area (Å²) in [5.41, 5.74) is 1.74. The second kappa shape index (κ2) is 4.66. The van der Waals surface area contributed by atoms with Gasteiger partial charge in [-0.25, -0.2) is 0 Å². The molecule has 0 amide bonds. The third kappa shape index (κ3) is 2.74. The highest BCUT2D eigenvalue weighted by atomic mass is 14.2. The Morgan fingerprint density at radius 1 is 1.15 bits per heavy atom. The van der Waals surface area contributed by atoms with Crippen molar-refractivity contribution in [3.8, 4) is 29.8 Å². The third-order valence-corrected chi connectivity index (χ3v) is 1.39. The Morgan fingerprint density at radius 3 is 2.46 bits per heavy atom. The van der Waals surface area contributed by atoms with Crippen LogP contribution in [0, 0.1) is 35.0 Å². The fourth-order valence-corrected chi connectivity index (χ4v) is 0.919. The summed E-state index contributed by atoms with van der Waals surface area (Å²) < 4.78 is 0. The topological polar surface area (TPSA) is 23.8 Å². The first kappa shape index (κ1) is 8.92. The van der Waals surface area contributed by atoms with Gasteiger partial charge in [0.1, 0.15) is 0 Å². The number of nitrogens with zero attached hydrogens (tertiary/aromatic N) is 1. The van der Waals surface area contributed by atoms with Crippen LogP contribution in [0.2, 0.25) is 0 Å². The van der Waals surface area contributed by atoms with Crippen LogP contribution in [0.4, 0.5) is 0 Å². The molecule has 0 saturated carbocycles. The van der Waals surface area contributed by atoms with Crippen molar-refractivity contribution >= 4 is 0 Å². The molecule has 1 nitrogen and oxygen atoms in total. The van der Waals surface area contributed by atoms with Crippen molar-refractivity contribution in [3.05, 3.63) is 35.4 Å². The zero-order valence-electron chi connectivity index (χ0n) is 7.26. The minimum atomic E-state index is 0.821. The highest BCUT2D eigenvalue weighted by molar-refractivity contribution is 5.44. The number of hydrogen-bond acceptors (Lipinski definition) is 1. The van der Waals surface area contributed by atoms with E-state index in [9.17, 15) is 0 Å². The molecule has 1 rings (SSSR count). The number of nitriles is 1. The number of benzene rings is 1. The molecule has 0 atom stereocenters. The molecule has 13 heavy (non-hydrogen) atoms. The number of rotatable bonds is 0. The molecule has 0 bridgehead atoms. The maximum atomic E-state index is 8.25. The van der Waals surface area contributed by atoms with Crippen molar-refractivity contribution in [2.75, 3.05) is 0 Å². The summed E-state index contributed by atoms with van der Waals surface area (Å²) in [6.45, 7) is 1.79. The van der Waals surface area contributed by atoms with Crippen LogP contribution in [0.25, 0.3) is 0 Å². The normalized spacial score (nSPS) is 7.08. The summed E-state index contributed by atoms with van der Waals surface area (Å²) in [5, 5.41) is 8.25. The lowest BCUT2D eigenvalue weighted by Gasteiger charge is -1.90. The molecule has 0 heterocycles. The van der Waals surface area contributed by atoms with Crippen LogP contribution < -0.4 is 0 Å². The van der Waals surface area contributed by atoms with Gasteiger partial charge in [-0.2, -0.15) is 5.26 Å². The second-order valence-electron chi connectivity index (χ2n) is 2.32. The van der Waals surface area contributed by atoms with E-state index < -0.39 is 0 Å². The largest absolute Gasteiger partial charge is 0.183 e. The lowest BCUT2D eigenvalue weighted by molar-refractivity contribution is 1.54. The molecule has 0 radical (unpaired) electrons. The molecule has 0 aliphatic rings. The lowest BCUT2D eigenvalue weighted by atomic mass is 10.1. The Hall–Kier alpha value is -2.17. The molecule has 1 aromatic carbocycles. The molecule has 0 fully saturated rings. The van der Waals surface area contributed by atoms with Gasteiger partial charge in [0.15, 0.2) is 6.07 Å². The maximum absolute atomic E-state index is 8.25. The molecule has 60 valence electrons. The molecule has 1 aromatic rings. The predicted octanol–water partition coefficient (Wildman–Crippen LogP) is 1.93. The zero-order chi connectivity index (χ0) is 9.52. The molecule has 0 aromatic heterocycles. The lowest BCUT2D eigenvalue weighted by Crippen LogP contribution is -1.77. The van der Waals surface area contributed by atoms with Gasteiger partial charge in [-0.05, 0) is 25.1 Å². The van der Waals surface area contributed by atoms with Crippen LogP contribution in [-0.2, 0) is 0 Å². The summed E-state index contributed by atoms with van der Waals surface area (Å²) in [7, 11) is 0. The van der Waals surface area contributed by atoms with Crippen LogP contribution >= 0.6 is 0 Å². The van der Waals surface area contributed by atoms with E-state index in [0.717, 1.165) is 11.1 Å². The van der Waals surface area contributed by atoms with Crippen LogP contribution in [0.1, 0.15) is 18.1 Å². The van der Waals surface area contributed by atoms with Crippen molar-refractivity contribution in [2.24, 2.45) is 0 Å². The van der Waals surface area contributed by atoms with E-state index in [2.05, 4.69) is 23.7 Å². The maximum Gasteiger partial charge on any atom is 0.152 e. The Balaban J connectivity index is 3.04. The van der Waals surface area contributed by atoms with Gasteiger partial charge in [0.05, 0.1) is 0 Å². The van der Waals surface area contributed by atoms with Crippen LogP contribution in [0.3, 0.4) is 0 Å². The van der Waals surface area contributed by atoms with Crippen molar-refractivity contribution in [1.29, 1.82) is 5.26 Å². The van der Waals surface area contributed by atoms with Gasteiger partial charge >= 0.3 is 0 Å². The molecular formula is C12H7N. The van der Waals surface area contributed by atoms with E-state index in [1.54, 1.807) is 13.0 Å². The van der Waals surface area contributed by atoms with Crippen molar-refractivity contribution < 1.29 is 0 Å². The van der Waals surface area contributed by atoms with E-state index in [0.29, 0.717) is 0 Å².